The first kappa shape index (κ1) is 13.7. The zero-order valence-corrected chi connectivity index (χ0v) is 12.2. The summed E-state index contributed by atoms with van der Waals surface area (Å²) in [6.07, 6.45) is 2.29. The molecule has 0 aliphatic heterocycles. The molecule has 1 aromatic heterocycles. The summed E-state index contributed by atoms with van der Waals surface area (Å²) in [6, 6.07) is 7.27. The molecule has 1 amide bonds. The molecule has 0 aliphatic carbocycles. The van der Waals surface area contributed by atoms with E-state index in [2.05, 4.69) is 21.2 Å². The summed E-state index contributed by atoms with van der Waals surface area (Å²) in [5, 5.41) is 2.86. The number of nitrogens with two attached hydrogens (primary N) is 1. The van der Waals surface area contributed by atoms with Crippen molar-refractivity contribution in [2.45, 2.75) is 13.3 Å². The normalized spacial score (nSPS) is 10.4. The van der Waals surface area contributed by atoms with Crippen LogP contribution in [0, 0.1) is 6.92 Å². The number of rotatable bonds is 4. The number of nitrogens with one attached hydrogen (secondary N) is 1. The van der Waals surface area contributed by atoms with Crippen LogP contribution in [-0.4, -0.2) is 12.5 Å². The Hall–Kier alpha value is -1.75. The number of benzene rings is 1. The highest BCUT2D eigenvalue weighted by atomic mass is 79.9. The Balaban J connectivity index is 2.00. The van der Waals surface area contributed by atoms with Crippen LogP contribution in [0.5, 0.6) is 0 Å². The van der Waals surface area contributed by atoms with Gasteiger partial charge in [0.1, 0.15) is 5.76 Å². The molecule has 0 radical (unpaired) electrons. The first-order valence-electron chi connectivity index (χ1n) is 5.94. The Morgan fingerprint density at radius 2 is 2.26 bits per heavy atom. The minimum Gasteiger partial charge on any atom is -0.469 e. The number of hydrogen-bond acceptors (Lipinski definition) is 3. The van der Waals surface area contributed by atoms with Gasteiger partial charge in [0.15, 0.2) is 0 Å². The molecule has 19 heavy (non-hydrogen) atoms. The van der Waals surface area contributed by atoms with Crippen molar-refractivity contribution in [3.63, 3.8) is 0 Å². The van der Waals surface area contributed by atoms with Crippen molar-refractivity contribution >= 4 is 27.5 Å². The SMILES string of the molecule is Cc1c(N)cc(Br)cc1C(=O)NCCc1ccco1. The summed E-state index contributed by atoms with van der Waals surface area (Å²) in [4.78, 5) is 12.1. The van der Waals surface area contributed by atoms with Gasteiger partial charge in [-0.1, -0.05) is 15.9 Å². The molecule has 0 saturated heterocycles. The van der Waals surface area contributed by atoms with E-state index in [0.717, 1.165) is 15.8 Å². The summed E-state index contributed by atoms with van der Waals surface area (Å²) in [6.45, 7) is 2.36. The van der Waals surface area contributed by atoms with Gasteiger partial charge in [0, 0.05) is 28.7 Å². The average molecular weight is 323 g/mol. The Morgan fingerprint density at radius 3 is 2.95 bits per heavy atom. The third kappa shape index (κ3) is 3.38. The number of halogens is 1. The Morgan fingerprint density at radius 1 is 1.47 bits per heavy atom. The lowest BCUT2D eigenvalue weighted by Gasteiger charge is -2.10. The molecule has 1 aromatic carbocycles. The molecule has 0 fully saturated rings. The number of hydrogen-bond donors (Lipinski definition) is 2. The molecule has 2 aromatic rings. The maximum absolute atomic E-state index is 12.1. The number of anilines is 1. The quantitative estimate of drug-likeness (QED) is 0.850. The van der Waals surface area contributed by atoms with E-state index in [4.69, 9.17) is 10.2 Å². The molecule has 0 aliphatic rings. The summed E-state index contributed by atoms with van der Waals surface area (Å²) in [5.74, 6) is 0.725. The molecule has 100 valence electrons. The summed E-state index contributed by atoms with van der Waals surface area (Å²) < 4.78 is 6.00. The van der Waals surface area contributed by atoms with Gasteiger partial charge in [-0.3, -0.25) is 4.79 Å². The predicted octanol–water partition coefficient (Wildman–Crippen LogP) is 2.91. The number of carbonyl (C=O) groups is 1. The lowest BCUT2D eigenvalue weighted by atomic mass is 10.1. The van der Waals surface area contributed by atoms with Crippen LogP contribution in [0.25, 0.3) is 0 Å². The molecule has 4 nitrogen and oxygen atoms in total. The lowest BCUT2D eigenvalue weighted by molar-refractivity contribution is 0.0953. The molecule has 5 heteroatoms. The van der Waals surface area contributed by atoms with E-state index in [0.29, 0.717) is 24.2 Å². The van der Waals surface area contributed by atoms with Crippen LogP contribution in [0.3, 0.4) is 0 Å². The van der Waals surface area contributed by atoms with Crippen LogP contribution in [0.1, 0.15) is 21.7 Å². The predicted molar refractivity (Wildman–Crippen MR) is 78.0 cm³/mol. The standard InChI is InChI=1S/C14H15BrN2O2/c1-9-12(7-10(15)8-13(9)16)14(18)17-5-4-11-3-2-6-19-11/h2-3,6-8H,4-5,16H2,1H3,(H,17,18). The van der Waals surface area contributed by atoms with Crippen molar-refractivity contribution in [1.82, 2.24) is 5.32 Å². The molecule has 0 unspecified atom stereocenters. The molecule has 0 bridgehead atoms. The van der Waals surface area contributed by atoms with Gasteiger partial charge in [-0.2, -0.15) is 0 Å². The third-order valence-corrected chi connectivity index (χ3v) is 3.35. The van der Waals surface area contributed by atoms with Crippen molar-refractivity contribution in [1.29, 1.82) is 0 Å². The van der Waals surface area contributed by atoms with E-state index in [1.807, 2.05) is 19.1 Å². The zero-order valence-electron chi connectivity index (χ0n) is 10.6. The molecule has 3 N–H and O–H groups in total. The molecule has 0 saturated carbocycles. The fraction of sp³-hybridized carbons (Fsp3) is 0.214. The molecule has 0 spiro atoms. The van der Waals surface area contributed by atoms with Gasteiger partial charge in [-0.15, -0.1) is 0 Å². The average Bonchev–Trinajstić information content (AvgIpc) is 2.86. The zero-order chi connectivity index (χ0) is 13.8. The van der Waals surface area contributed by atoms with Crippen LogP contribution in [0.15, 0.2) is 39.4 Å². The van der Waals surface area contributed by atoms with Crippen LogP contribution in [0.4, 0.5) is 5.69 Å². The molecule has 2 rings (SSSR count). The highest BCUT2D eigenvalue weighted by molar-refractivity contribution is 9.10. The fourth-order valence-corrected chi connectivity index (χ4v) is 2.26. The number of carbonyl (C=O) groups excluding carboxylic acids is 1. The Bertz CT molecular complexity index is 579. The van der Waals surface area contributed by atoms with Crippen molar-refractivity contribution in [3.05, 3.63) is 51.9 Å². The summed E-state index contributed by atoms with van der Waals surface area (Å²) in [7, 11) is 0. The maximum atomic E-state index is 12.1. The smallest absolute Gasteiger partial charge is 0.251 e. The molecule has 0 atom stereocenters. The highest BCUT2D eigenvalue weighted by Gasteiger charge is 2.11. The van der Waals surface area contributed by atoms with Gasteiger partial charge < -0.3 is 15.5 Å². The van der Waals surface area contributed by atoms with E-state index in [1.54, 1.807) is 18.4 Å². The third-order valence-electron chi connectivity index (χ3n) is 2.89. The highest BCUT2D eigenvalue weighted by Crippen LogP contribution is 2.22. The van der Waals surface area contributed by atoms with Gasteiger partial charge in [0.2, 0.25) is 0 Å². The van der Waals surface area contributed by atoms with Gasteiger partial charge in [0.05, 0.1) is 6.26 Å². The van der Waals surface area contributed by atoms with Crippen molar-refractivity contribution in [2.24, 2.45) is 0 Å². The monoisotopic (exact) mass is 322 g/mol. The van der Waals surface area contributed by atoms with Gasteiger partial charge >= 0.3 is 0 Å². The maximum Gasteiger partial charge on any atom is 0.251 e. The number of amides is 1. The first-order chi connectivity index (χ1) is 9.08. The molecular formula is C14H15BrN2O2. The van der Waals surface area contributed by atoms with Crippen molar-refractivity contribution in [2.75, 3.05) is 12.3 Å². The second kappa shape index (κ2) is 5.93. The summed E-state index contributed by atoms with van der Waals surface area (Å²) >= 11 is 3.34. The second-order valence-electron chi connectivity index (χ2n) is 4.25. The Kier molecular flexibility index (Phi) is 4.27. The second-order valence-corrected chi connectivity index (χ2v) is 5.17. The Labute approximate surface area is 120 Å². The van der Waals surface area contributed by atoms with Crippen molar-refractivity contribution < 1.29 is 9.21 Å². The van der Waals surface area contributed by atoms with Crippen LogP contribution < -0.4 is 11.1 Å². The number of furan rings is 1. The largest absolute Gasteiger partial charge is 0.469 e. The van der Waals surface area contributed by atoms with Crippen molar-refractivity contribution in [3.8, 4) is 0 Å². The van der Waals surface area contributed by atoms with E-state index in [-0.39, 0.29) is 5.91 Å². The summed E-state index contributed by atoms with van der Waals surface area (Å²) in [5.41, 5.74) is 7.82. The van der Waals surface area contributed by atoms with E-state index in [1.165, 1.54) is 0 Å². The van der Waals surface area contributed by atoms with E-state index in [9.17, 15) is 4.79 Å². The fourth-order valence-electron chi connectivity index (χ4n) is 1.79. The first-order valence-corrected chi connectivity index (χ1v) is 6.73. The molecule has 1 heterocycles. The lowest BCUT2D eigenvalue weighted by Crippen LogP contribution is -2.26. The number of nitrogen functional groups attached to an aromatic ring is 1. The van der Waals surface area contributed by atoms with E-state index >= 15 is 0 Å². The van der Waals surface area contributed by atoms with Crippen LogP contribution in [-0.2, 0) is 6.42 Å². The topological polar surface area (TPSA) is 68.3 Å². The van der Waals surface area contributed by atoms with E-state index < -0.39 is 0 Å². The minimum absolute atomic E-state index is 0.128. The van der Waals surface area contributed by atoms with Crippen LogP contribution >= 0.6 is 15.9 Å². The van der Waals surface area contributed by atoms with Crippen LogP contribution in [0.2, 0.25) is 0 Å². The van der Waals surface area contributed by atoms with Gasteiger partial charge in [-0.25, -0.2) is 0 Å². The van der Waals surface area contributed by atoms with Gasteiger partial charge in [-0.05, 0) is 36.8 Å². The molecular weight excluding hydrogens is 308 g/mol. The minimum atomic E-state index is -0.128. The van der Waals surface area contributed by atoms with Gasteiger partial charge in [0.25, 0.3) is 5.91 Å².